The van der Waals surface area contributed by atoms with Gasteiger partial charge in [-0.2, -0.15) is 13.2 Å². The van der Waals surface area contributed by atoms with Crippen molar-refractivity contribution in [2.24, 2.45) is 0 Å². The van der Waals surface area contributed by atoms with E-state index in [0.29, 0.717) is 6.07 Å². The van der Waals surface area contributed by atoms with Crippen molar-refractivity contribution in [2.45, 2.75) is 26.1 Å². The molecule has 2 heterocycles. The number of benzene rings is 1. The van der Waals surface area contributed by atoms with Crippen LogP contribution in [0.3, 0.4) is 0 Å². The van der Waals surface area contributed by atoms with E-state index in [4.69, 9.17) is 0 Å². The summed E-state index contributed by atoms with van der Waals surface area (Å²) < 4.78 is 39.8. The highest BCUT2D eigenvalue weighted by Crippen LogP contribution is 2.35. The normalized spacial score (nSPS) is 12.5. The Labute approximate surface area is 184 Å². The summed E-state index contributed by atoms with van der Waals surface area (Å²) in [5.41, 5.74) is -2.59. The van der Waals surface area contributed by atoms with E-state index in [1.165, 1.54) is 32.0 Å². The van der Waals surface area contributed by atoms with Crippen molar-refractivity contribution in [3.8, 4) is 0 Å². The van der Waals surface area contributed by atoms with E-state index in [2.05, 4.69) is 20.3 Å². The van der Waals surface area contributed by atoms with Gasteiger partial charge in [-0.05, 0) is 31.5 Å². The Morgan fingerprint density at radius 1 is 1.21 bits per heavy atom. The second kappa shape index (κ2) is 8.48. The van der Waals surface area contributed by atoms with Gasteiger partial charge in [-0.1, -0.05) is 0 Å². The third kappa shape index (κ3) is 4.91. The van der Waals surface area contributed by atoms with E-state index in [9.17, 15) is 32.9 Å². The van der Waals surface area contributed by atoms with Crippen LogP contribution < -0.4 is 10.9 Å². The lowest BCUT2D eigenvalue weighted by molar-refractivity contribution is -0.385. The van der Waals surface area contributed by atoms with E-state index in [0.717, 1.165) is 12.1 Å². The second-order valence-corrected chi connectivity index (χ2v) is 7.53. The number of hydrogen-bond acceptors (Lipinski definition) is 7. The van der Waals surface area contributed by atoms with Gasteiger partial charge in [0.2, 0.25) is 0 Å². The minimum Gasteiger partial charge on any atom is -0.363 e. The van der Waals surface area contributed by atoms with Gasteiger partial charge in [0.1, 0.15) is 22.9 Å². The Hall–Kier alpha value is -4.03. The molecule has 0 saturated carbocycles. The zero-order chi connectivity index (χ0) is 24.7. The minimum absolute atomic E-state index is 0.00467. The molecule has 0 bridgehead atoms. The molecule has 0 radical (unpaired) electrons. The number of aromatic nitrogens is 3. The van der Waals surface area contributed by atoms with Gasteiger partial charge >= 0.3 is 6.18 Å². The molecule has 33 heavy (non-hydrogen) atoms. The molecule has 2 aromatic heterocycles. The topological polar surface area (TPSA) is 134 Å². The third-order valence-electron chi connectivity index (χ3n) is 4.79. The van der Waals surface area contributed by atoms with Crippen LogP contribution in [0, 0.1) is 17.0 Å². The number of aryl methyl sites for hydroxylation is 1. The van der Waals surface area contributed by atoms with Gasteiger partial charge in [-0.15, -0.1) is 0 Å². The molecule has 174 valence electrons. The van der Waals surface area contributed by atoms with Crippen LogP contribution in [0.15, 0.2) is 29.1 Å². The van der Waals surface area contributed by atoms with Crippen molar-refractivity contribution < 1.29 is 22.9 Å². The van der Waals surface area contributed by atoms with Crippen LogP contribution in [0.1, 0.15) is 40.3 Å². The van der Waals surface area contributed by atoms with Crippen LogP contribution in [0.2, 0.25) is 0 Å². The maximum absolute atomic E-state index is 13.3. The van der Waals surface area contributed by atoms with Crippen molar-refractivity contribution in [2.75, 3.05) is 19.4 Å². The standard InChI is InChI=1S/C20H19F3N6O4/c1-9(11-5-12(20(21,22)23)7-13(6-11)29(32)33)24-16-14-8-15(19(31)28(3)4)18(30)27-17(14)26-10(2)25-16/h5-9H,1-4H3,(H2,24,25,26,27,30)/t9-/m1/s1. The zero-order valence-corrected chi connectivity index (χ0v) is 17.9. The molecule has 0 spiro atoms. The first-order valence-electron chi connectivity index (χ1n) is 9.54. The number of H-pyrrole nitrogens is 1. The van der Waals surface area contributed by atoms with Crippen molar-refractivity contribution in [3.63, 3.8) is 0 Å². The number of hydrogen-bond donors (Lipinski definition) is 2. The number of rotatable bonds is 5. The number of pyridine rings is 1. The van der Waals surface area contributed by atoms with Gasteiger partial charge in [-0.25, -0.2) is 9.97 Å². The lowest BCUT2D eigenvalue weighted by Gasteiger charge is -2.18. The van der Waals surface area contributed by atoms with Crippen LogP contribution in [0.4, 0.5) is 24.7 Å². The first-order chi connectivity index (χ1) is 15.3. The predicted octanol–water partition coefficient (Wildman–Crippen LogP) is 3.43. The van der Waals surface area contributed by atoms with E-state index in [-0.39, 0.29) is 33.8 Å². The highest BCUT2D eigenvalue weighted by atomic mass is 19.4. The Bertz CT molecular complexity index is 1320. The first-order valence-corrected chi connectivity index (χ1v) is 9.54. The summed E-state index contributed by atoms with van der Waals surface area (Å²) >= 11 is 0. The molecular formula is C20H19F3N6O4. The fraction of sp³-hybridized carbons (Fsp3) is 0.300. The molecule has 0 fully saturated rings. The average molecular weight is 464 g/mol. The molecule has 0 unspecified atom stereocenters. The number of anilines is 1. The number of aromatic amines is 1. The molecule has 3 rings (SSSR count). The summed E-state index contributed by atoms with van der Waals surface area (Å²) in [6.45, 7) is 3.04. The van der Waals surface area contributed by atoms with Crippen molar-refractivity contribution >= 4 is 28.4 Å². The van der Waals surface area contributed by atoms with E-state index in [1.54, 1.807) is 6.92 Å². The van der Waals surface area contributed by atoms with Crippen LogP contribution >= 0.6 is 0 Å². The maximum atomic E-state index is 13.3. The maximum Gasteiger partial charge on any atom is 0.416 e. The van der Waals surface area contributed by atoms with Crippen LogP contribution in [0.5, 0.6) is 0 Å². The Morgan fingerprint density at radius 3 is 2.45 bits per heavy atom. The number of alkyl halides is 3. The van der Waals surface area contributed by atoms with Crippen LogP contribution in [0.25, 0.3) is 11.0 Å². The fourth-order valence-corrected chi connectivity index (χ4v) is 3.15. The predicted molar refractivity (Wildman–Crippen MR) is 113 cm³/mol. The molecule has 0 aliphatic rings. The van der Waals surface area contributed by atoms with Gasteiger partial charge in [-0.3, -0.25) is 19.7 Å². The number of nitro groups is 1. The van der Waals surface area contributed by atoms with Crippen molar-refractivity contribution in [1.29, 1.82) is 0 Å². The average Bonchev–Trinajstić information content (AvgIpc) is 2.71. The highest BCUT2D eigenvalue weighted by Gasteiger charge is 2.33. The number of nitrogens with zero attached hydrogens (tertiary/aromatic N) is 4. The number of carbonyl (C=O) groups is 1. The smallest absolute Gasteiger partial charge is 0.363 e. The van der Waals surface area contributed by atoms with Gasteiger partial charge < -0.3 is 15.2 Å². The summed E-state index contributed by atoms with van der Waals surface area (Å²) in [7, 11) is 2.94. The quantitative estimate of drug-likeness (QED) is 0.436. The van der Waals surface area contributed by atoms with E-state index >= 15 is 0 Å². The molecular weight excluding hydrogens is 445 g/mol. The Kier molecular flexibility index (Phi) is 6.07. The number of halogens is 3. The summed E-state index contributed by atoms with van der Waals surface area (Å²) in [6, 6.07) is 2.74. The van der Waals surface area contributed by atoms with Crippen LogP contribution in [-0.2, 0) is 6.18 Å². The number of non-ortho nitro benzene ring substituents is 1. The van der Waals surface area contributed by atoms with Crippen LogP contribution in [-0.4, -0.2) is 44.8 Å². The van der Waals surface area contributed by atoms with Gasteiger partial charge in [0.15, 0.2) is 0 Å². The minimum atomic E-state index is -4.78. The third-order valence-corrected chi connectivity index (χ3v) is 4.79. The van der Waals surface area contributed by atoms with Crippen molar-refractivity contribution in [1.82, 2.24) is 19.9 Å². The summed E-state index contributed by atoms with van der Waals surface area (Å²) in [5, 5.41) is 14.3. The second-order valence-electron chi connectivity index (χ2n) is 7.53. The molecule has 1 atom stereocenters. The number of carbonyl (C=O) groups excluding carboxylic acids is 1. The van der Waals surface area contributed by atoms with Gasteiger partial charge in [0.05, 0.1) is 21.9 Å². The lowest BCUT2D eigenvalue weighted by Crippen LogP contribution is -2.28. The molecule has 13 heteroatoms. The van der Waals surface area contributed by atoms with E-state index < -0.39 is 39.9 Å². The summed E-state index contributed by atoms with van der Waals surface area (Å²) in [5.74, 6) is -0.185. The molecule has 10 nitrogen and oxygen atoms in total. The summed E-state index contributed by atoms with van der Waals surface area (Å²) in [6.07, 6.45) is -4.78. The monoisotopic (exact) mass is 464 g/mol. The largest absolute Gasteiger partial charge is 0.416 e. The number of fused-ring (bicyclic) bond motifs is 1. The van der Waals surface area contributed by atoms with E-state index in [1.807, 2.05) is 0 Å². The molecule has 1 amide bonds. The van der Waals surface area contributed by atoms with Crippen molar-refractivity contribution in [3.05, 3.63) is 67.2 Å². The molecule has 1 aromatic carbocycles. The first kappa shape index (κ1) is 23.6. The molecule has 0 aliphatic heterocycles. The molecule has 0 saturated heterocycles. The Morgan fingerprint density at radius 2 is 1.88 bits per heavy atom. The molecule has 0 aliphatic carbocycles. The Balaban J connectivity index is 2.12. The fourth-order valence-electron chi connectivity index (χ4n) is 3.15. The number of nitro benzene ring substituents is 1. The molecule has 2 N–H and O–H groups in total. The van der Waals surface area contributed by atoms with Gasteiger partial charge in [0.25, 0.3) is 17.2 Å². The zero-order valence-electron chi connectivity index (χ0n) is 17.9. The molecule has 3 aromatic rings. The lowest BCUT2D eigenvalue weighted by atomic mass is 10.0. The SMILES string of the molecule is Cc1nc(N[C@H](C)c2cc([N+](=O)[O-])cc(C(F)(F)F)c2)c2cc(C(=O)N(C)C)c(=O)[nH]c2n1. The highest BCUT2D eigenvalue weighted by molar-refractivity contribution is 5.98. The number of amides is 1. The summed E-state index contributed by atoms with van der Waals surface area (Å²) in [4.78, 5) is 47.0. The van der Waals surface area contributed by atoms with Gasteiger partial charge in [0, 0.05) is 26.2 Å². The number of nitrogens with one attached hydrogen (secondary N) is 2.